The summed E-state index contributed by atoms with van der Waals surface area (Å²) in [5, 5.41) is 3.77. The lowest BCUT2D eigenvalue weighted by molar-refractivity contribution is -0.116. The molecule has 5 nitrogen and oxygen atoms in total. The molecule has 3 aromatic carbocycles. The standard InChI is InChI=1S/C22H20Cl2N2O3S/c1-16-7-12-19(13-21(16)24)25-22(27)15-26(14-17-8-10-18(23)11-9-17)30(28,29)20-5-3-2-4-6-20/h2-13H,14-15H2,1H3,(H,25,27). The minimum absolute atomic E-state index is 0.0243. The van der Waals surface area contributed by atoms with E-state index in [0.717, 1.165) is 9.87 Å². The van der Waals surface area contributed by atoms with Crippen molar-refractivity contribution in [2.75, 3.05) is 11.9 Å². The van der Waals surface area contributed by atoms with Gasteiger partial charge in [-0.15, -0.1) is 0 Å². The van der Waals surface area contributed by atoms with Crippen molar-refractivity contribution in [3.63, 3.8) is 0 Å². The highest BCUT2D eigenvalue weighted by Gasteiger charge is 2.27. The Balaban J connectivity index is 1.85. The fourth-order valence-electron chi connectivity index (χ4n) is 2.79. The van der Waals surface area contributed by atoms with Crippen LogP contribution in [0.2, 0.25) is 10.0 Å². The van der Waals surface area contributed by atoms with Gasteiger partial charge in [0.05, 0.1) is 11.4 Å². The molecule has 0 saturated heterocycles. The zero-order chi connectivity index (χ0) is 21.7. The maximum absolute atomic E-state index is 13.2. The van der Waals surface area contributed by atoms with Crippen molar-refractivity contribution < 1.29 is 13.2 Å². The molecule has 0 aliphatic heterocycles. The van der Waals surface area contributed by atoms with Gasteiger partial charge in [0.2, 0.25) is 15.9 Å². The fourth-order valence-corrected chi connectivity index (χ4v) is 4.50. The number of hydrogen-bond acceptors (Lipinski definition) is 3. The highest BCUT2D eigenvalue weighted by Crippen LogP contribution is 2.22. The van der Waals surface area contributed by atoms with E-state index in [1.807, 2.05) is 6.92 Å². The SMILES string of the molecule is Cc1ccc(NC(=O)CN(Cc2ccc(Cl)cc2)S(=O)(=O)c2ccccc2)cc1Cl. The minimum Gasteiger partial charge on any atom is -0.325 e. The lowest BCUT2D eigenvalue weighted by Gasteiger charge is -2.22. The van der Waals surface area contributed by atoms with Crippen LogP contribution in [0.25, 0.3) is 0 Å². The van der Waals surface area contributed by atoms with Crippen LogP contribution in [0.15, 0.2) is 77.7 Å². The summed E-state index contributed by atoms with van der Waals surface area (Å²) in [6.07, 6.45) is 0. The van der Waals surface area contributed by atoms with E-state index in [0.29, 0.717) is 21.3 Å². The second kappa shape index (κ2) is 9.62. The van der Waals surface area contributed by atoms with Crippen molar-refractivity contribution in [1.29, 1.82) is 0 Å². The van der Waals surface area contributed by atoms with Crippen molar-refractivity contribution in [2.45, 2.75) is 18.4 Å². The molecular formula is C22H20Cl2N2O3S. The van der Waals surface area contributed by atoms with Gasteiger partial charge in [-0.05, 0) is 54.4 Å². The Hall–Kier alpha value is -2.38. The molecular weight excluding hydrogens is 443 g/mol. The number of rotatable bonds is 7. The van der Waals surface area contributed by atoms with Gasteiger partial charge in [0.1, 0.15) is 0 Å². The number of nitrogens with zero attached hydrogens (tertiary/aromatic N) is 1. The Kier molecular flexibility index (Phi) is 7.15. The molecule has 0 saturated carbocycles. The Morgan fingerprint density at radius 2 is 1.63 bits per heavy atom. The third-order valence-electron chi connectivity index (χ3n) is 4.43. The molecule has 0 radical (unpaired) electrons. The van der Waals surface area contributed by atoms with Crippen LogP contribution in [0.1, 0.15) is 11.1 Å². The van der Waals surface area contributed by atoms with Crippen LogP contribution in [0, 0.1) is 6.92 Å². The molecule has 8 heteroatoms. The number of nitrogens with one attached hydrogen (secondary N) is 1. The third-order valence-corrected chi connectivity index (χ3v) is 6.89. The van der Waals surface area contributed by atoms with Crippen molar-refractivity contribution in [3.8, 4) is 0 Å². The van der Waals surface area contributed by atoms with E-state index in [-0.39, 0.29) is 18.0 Å². The molecule has 0 aliphatic carbocycles. The molecule has 156 valence electrons. The van der Waals surface area contributed by atoms with Crippen LogP contribution in [0.5, 0.6) is 0 Å². The van der Waals surface area contributed by atoms with Crippen LogP contribution in [-0.4, -0.2) is 25.2 Å². The summed E-state index contributed by atoms with van der Waals surface area (Å²) in [6, 6.07) is 20.0. The molecule has 0 fully saturated rings. The third kappa shape index (κ3) is 5.61. The Bertz CT molecular complexity index is 1130. The average molecular weight is 463 g/mol. The van der Waals surface area contributed by atoms with E-state index in [1.54, 1.807) is 60.7 Å². The number of hydrogen-bond donors (Lipinski definition) is 1. The zero-order valence-electron chi connectivity index (χ0n) is 16.2. The number of halogens is 2. The summed E-state index contributed by atoms with van der Waals surface area (Å²) >= 11 is 12.0. The van der Waals surface area contributed by atoms with Crippen molar-refractivity contribution in [3.05, 3.63) is 94.0 Å². The topological polar surface area (TPSA) is 66.5 Å². The van der Waals surface area contributed by atoms with E-state index < -0.39 is 15.9 Å². The normalized spacial score (nSPS) is 11.5. The quantitative estimate of drug-likeness (QED) is 0.528. The first-order valence-corrected chi connectivity index (χ1v) is 11.3. The number of sulfonamides is 1. The summed E-state index contributed by atoms with van der Waals surface area (Å²) in [5.74, 6) is -0.469. The van der Waals surface area contributed by atoms with Gasteiger partial charge < -0.3 is 5.32 Å². The van der Waals surface area contributed by atoms with Gasteiger partial charge in [-0.1, -0.05) is 59.6 Å². The van der Waals surface area contributed by atoms with Crippen LogP contribution in [0.4, 0.5) is 5.69 Å². The first kappa shape index (κ1) is 22.3. The van der Waals surface area contributed by atoms with E-state index in [9.17, 15) is 13.2 Å². The van der Waals surface area contributed by atoms with Gasteiger partial charge in [0.25, 0.3) is 0 Å². The zero-order valence-corrected chi connectivity index (χ0v) is 18.5. The fraction of sp³-hybridized carbons (Fsp3) is 0.136. The molecule has 0 aromatic heterocycles. The number of anilines is 1. The molecule has 0 unspecified atom stereocenters. The van der Waals surface area contributed by atoms with Gasteiger partial charge in [0.15, 0.2) is 0 Å². The molecule has 1 N–H and O–H groups in total. The molecule has 0 heterocycles. The molecule has 0 atom stereocenters. The van der Waals surface area contributed by atoms with Crippen LogP contribution in [-0.2, 0) is 21.4 Å². The molecule has 0 spiro atoms. The average Bonchev–Trinajstić information content (AvgIpc) is 2.72. The summed E-state index contributed by atoms with van der Waals surface area (Å²) in [4.78, 5) is 12.8. The molecule has 30 heavy (non-hydrogen) atoms. The number of carbonyl (C=O) groups is 1. The smallest absolute Gasteiger partial charge is 0.243 e. The summed E-state index contributed by atoms with van der Waals surface area (Å²) in [5.41, 5.74) is 2.09. The summed E-state index contributed by atoms with van der Waals surface area (Å²) in [7, 11) is -3.90. The Morgan fingerprint density at radius 1 is 0.967 bits per heavy atom. The lowest BCUT2D eigenvalue weighted by atomic mass is 10.2. The predicted molar refractivity (Wildman–Crippen MR) is 120 cm³/mol. The predicted octanol–water partition coefficient (Wildman–Crippen LogP) is 5.13. The van der Waals surface area contributed by atoms with Crippen molar-refractivity contribution >= 4 is 44.8 Å². The maximum atomic E-state index is 13.2. The number of aryl methyl sites for hydroxylation is 1. The van der Waals surface area contributed by atoms with Crippen LogP contribution in [0.3, 0.4) is 0 Å². The molecule has 0 bridgehead atoms. The molecule has 3 rings (SSSR count). The van der Waals surface area contributed by atoms with Crippen LogP contribution >= 0.6 is 23.2 Å². The monoisotopic (exact) mass is 462 g/mol. The first-order chi connectivity index (χ1) is 14.3. The maximum Gasteiger partial charge on any atom is 0.243 e. The van der Waals surface area contributed by atoms with Gasteiger partial charge in [0, 0.05) is 22.3 Å². The van der Waals surface area contributed by atoms with E-state index in [2.05, 4.69) is 5.32 Å². The van der Waals surface area contributed by atoms with Crippen LogP contribution < -0.4 is 5.32 Å². The molecule has 0 aliphatic rings. The molecule has 1 amide bonds. The van der Waals surface area contributed by atoms with Gasteiger partial charge in [-0.3, -0.25) is 4.79 Å². The molecule has 3 aromatic rings. The highest BCUT2D eigenvalue weighted by atomic mass is 35.5. The van der Waals surface area contributed by atoms with E-state index >= 15 is 0 Å². The van der Waals surface area contributed by atoms with Crippen molar-refractivity contribution in [2.24, 2.45) is 0 Å². The Morgan fingerprint density at radius 3 is 2.27 bits per heavy atom. The highest BCUT2D eigenvalue weighted by molar-refractivity contribution is 7.89. The minimum atomic E-state index is -3.90. The Labute approximate surface area is 186 Å². The van der Waals surface area contributed by atoms with Crippen molar-refractivity contribution in [1.82, 2.24) is 4.31 Å². The first-order valence-electron chi connectivity index (χ1n) is 9.11. The van der Waals surface area contributed by atoms with E-state index in [4.69, 9.17) is 23.2 Å². The number of carbonyl (C=O) groups excluding carboxylic acids is 1. The van der Waals surface area contributed by atoms with E-state index in [1.165, 1.54) is 12.1 Å². The largest absolute Gasteiger partial charge is 0.325 e. The number of amides is 1. The van der Waals surface area contributed by atoms with Gasteiger partial charge in [-0.2, -0.15) is 4.31 Å². The van der Waals surface area contributed by atoms with Gasteiger partial charge >= 0.3 is 0 Å². The number of benzene rings is 3. The summed E-state index contributed by atoms with van der Waals surface area (Å²) in [6.45, 7) is 1.52. The summed E-state index contributed by atoms with van der Waals surface area (Å²) < 4.78 is 27.5. The van der Waals surface area contributed by atoms with Gasteiger partial charge in [-0.25, -0.2) is 8.42 Å². The second-order valence-corrected chi connectivity index (χ2v) is 9.51. The lowest BCUT2D eigenvalue weighted by Crippen LogP contribution is -2.37. The second-order valence-electron chi connectivity index (χ2n) is 6.72.